The molecule has 0 aliphatic rings. The van der Waals surface area contributed by atoms with Crippen LogP contribution in [-0.4, -0.2) is 0 Å². The zero-order valence-electron chi connectivity index (χ0n) is 8.55. The maximum absolute atomic E-state index is 12.4. The van der Waals surface area contributed by atoms with Crippen LogP contribution in [0, 0.1) is 6.07 Å². The van der Waals surface area contributed by atoms with Crippen molar-refractivity contribution in [2.75, 3.05) is 0 Å². The third-order valence-electron chi connectivity index (χ3n) is 2.32. The van der Waals surface area contributed by atoms with Gasteiger partial charge in [0.05, 0.1) is 5.56 Å². The van der Waals surface area contributed by atoms with Gasteiger partial charge in [0, 0.05) is 4.47 Å². The highest BCUT2D eigenvalue weighted by molar-refractivity contribution is 9.10. The Bertz CT molecular complexity index is 498. The molecule has 0 spiro atoms. The number of halogens is 4. The van der Waals surface area contributed by atoms with Crippen molar-refractivity contribution in [3.63, 3.8) is 0 Å². The Hall–Kier alpha value is -1.29. The fourth-order valence-electron chi connectivity index (χ4n) is 1.44. The molecule has 0 aromatic heterocycles. The Morgan fingerprint density at radius 1 is 0.882 bits per heavy atom. The Balaban J connectivity index is 2.33. The molecule has 2 aromatic rings. The van der Waals surface area contributed by atoms with Crippen LogP contribution in [0.2, 0.25) is 0 Å². The average Bonchev–Trinajstić information content (AvgIpc) is 2.29. The molecule has 0 atom stereocenters. The Morgan fingerprint density at radius 2 is 1.47 bits per heavy atom. The van der Waals surface area contributed by atoms with Gasteiger partial charge in [-0.15, -0.1) is 0 Å². The van der Waals surface area contributed by atoms with Crippen LogP contribution in [0.5, 0.6) is 0 Å². The maximum Gasteiger partial charge on any atom is 0.416 e. The Morgan fingerprint density at radius 3 is 1.94 bits per heavy atom. The maximum atomic E-state index is 12.4. The topological polar surface area (TPSA) is 0 Å². The fraction of sp³-hybridized carbons (Fsp3) is 0.0769. The van der Waals surface area contributed by atoms with Crippen molar-refractivity contribution in [1.82, 2.24) is 0 Å². The van der Waals surface area contributed by atoms with E-state index < -0.39 is 11.7 Å². The monoisotopic (exact) mass is 299 g/mol. The quantitative estimate of drug-likeness (QED) is 0.700. The van der Waals surface area contributed by atoms with E-state index in [1.54, 1.807) is 12.1 Å². The van der Waals surface area contributed by atoms with Gasteiger partial charge >= 0.3 is 6.18 Å². The van der Waals surface area contributed by atoms with Crippen molar-refractivity contribution < 1.29 is 13.2 Å². The summed E-state index contributed by atoms with van der Waals surface area (Å²) in [4.78, 5) is 0. The molecule has 0 saturated carbocycles. The second kappa shape index (κ2) is 4.53. The second-order valence-corrected chi connectivity index (χ2v) is 4.35. The number of hydrogen-bond acceptors (Lipinski definition) is 0. The average molecular weight is 300 g/mol. The summed E-state index contributed by atoms with van der Waals surface area (Å²) in [6.07, 6.45) is -4.29. The summed E-state index contributed by atoms with van der Waals surface area (Å²) in [5.74, 6) is 0. The minimum absolute atomic E-state index is 0.637. The highest BCUT2D eigenvalue weighted by atomic mass is 79.9. The normalized spacial score (nSPS) is 11.5. The molecule has 0 aliphatic heterocycles. The molecule has 4 heteroatoms. The lowest BCUT2D eigenvalue weighted by atomic mass is 10.0. The molecule has 0 unspecified atom stereocenters. The van der Waals surface area contributed by atoms with Crippen molar-refractivity contribution in [3.8, 4) is 11.1 Å². The first-order chi connectivity index (χ1) is 7.97. The summed E-state index contributed by atoms with van der Waals surface area (Å²) >= 11 is 3.25. The summed E-state index contributed by atoms with van der Waals surface area (Å²) in [5.41, 5.74) is 0.936. The molecule has 0 heterocycles. The van der Waals surface area contributed by atoms with Crippen molar-refractivity contribution >= 4 is 15.9 Å². The lowest BCUT2D eigenvalue weighted by molar-refractivity contribution is -0.137. The number of hydrogen-bond donors (Lipinski definition) is 0. The van der Waals surface area contributed by atoms with Crippen LogP contribution in [0.1, 0.15) is 5.56 Å². The molecule has 2 aromatic carbocycles. The molecular weight excluding hydrogens is 293 g/mol. The highest BCUT2D eigenvalue weighted by Gasteiger charge is 2.29. The Kier molecular flexibility index (Phi) is 3.24. The predicted octanol–water partition coefficient (Wildman–Crippen LogP) is 4.94. The Labute approximate surface area is 105 Å². The van der Waals surface area contributed by atoms with Crippen molar-refractivity contribution in [1.29, 1.82) is 0 Å². The number of alkyl halides is 3. The molecule has 0 N–H and O–H groups in total. The van der Waals surface area contributed by atoms with E-state index in [9.17, 15) is 13.2 Å². The third-order valence-corrected chi connectivity index (χ3v) is 2.81. The van der Waals surface area contributed by atoms with E-state index in [4.69, 9.17) is 0 Å². The van der Waals surface area contributed by atoms with Crippen LogP contribution in [-0.2, 0) is 6.18 Å². The van der Waals surface area contributed by atoms with E-state index in [0.717, 1.165) is 27.7 Å². The second-order valence-electron chi connectivity index (χ2n) is 3.50. The van der Waals surface area contributed by atoms with Crippen LogP contribution in [0.15, 0.2) is 46.9 Å². The minimum Gasteiger partial charge on any atom is -0.166 e. The standard InChI is InChI=1S/C13H7BrF3/c14-12-7-3-10(4-8-12)9-1-5-11(6-2-9)13(15,16)17/h1-7H. The van der Waals surface area contributed by atoms with Gasteiger partial charge in [-0.2, -0.15) is 13.2 Å². The molecule has 0 saturated heterocycles. The van der Waals surface area contributed by atoms with Crippen molar-refractivity contribution in [3.05, 3.63) is 58.6 Å². The van der Waals surface area contributed by atoms with Crippen LogP contribution in [0.25, 0.3) is 11.1 Å². The lowest BCUT2D eigenvalue weighted by Gasteiger charge is -2.07. The molecule has 0 fully saturated rings. The molecule has 1 radical (unpaired) electrons. The first-order valence-corrected chi connectivity index (χ1v) is 5.61. The molecule has 17 heavy (non-hydrogen) atoms. The molecule has 2 rings (SSSR count). The van der Waals surface area contributed by atoms with Crippen LogP contribution < -0.4 is 0 Å². The summed E-state index contributed by atoms with van der Waals surface area (Å²) in [6.45, 7) is 0. The molecule has 87 valence electrons. The van der Waals surface area contributed by atoms with Crippen LogP contribution >= 0.6 is 15.9 Å². The molecule has 0 nitrogen and oxygen atoms in total. The van der Waals surface area contributed by atoms with Gasteiger partial charge < -0.3 is 0 Å². The van der Waals surface area contributed by atoms with Crippen LogP contribution in [0.3, 0.4) is 0 Å². The van der Waals surface area contributed by atoms with Gasteiger partial charge in [0.2, 0.25) is 0 Å². The van der Waals surface area contributed by atoms with Gasteiger partial charge in [0.1, 0.15) is 0 Å². The van der Waals surface area contributed by atoms with Gasteiger partial charge in [-0.3, -0.25) is 0 Å². The smallest absolute Gasteiger partial charge is 0.166 e. The van der Waals surface area contributed by atoms with E-state index in [-0.39, 0.29) is 0 Å². The fourth-order valence-corrected chi connectivity index (χ4v) is 1.68. The minimum atomic E-state index is -4.29. The number of rotatable bonds is 1. The van der Waals surface area contributed by atoms with Gasteiger partial charge in [0.15, 0.2) is 0 Å². The van der Waals surface area contributed by atoms with E-state index in [1.165, 1.54) is 12.1 Å². The zero-order valence-corrected chi connectivity index (χ0v) is 10.1. The van der Waals surface area contributed by atoms with Gasteiger partial charge in [-0.1, -0.05) is 34.1 Å². The van der Waals surface area contributed by atoms with Crippen molar-refractivity contribution in [2.45, 2.75) is 6.18 Å². The molecular formula is C13H7BrF3. The lowest BCUT2D eigenvalue weighted by Crippen LogP contribution is -2.03. The highest BCUT2D eigenvalue weighted by Crippen LogP contribution is 2.31. The van der Waals surface area contributed by atoms with E-state index in [0.29, 0.717) is 0 Å². The molecule has 0 amide bonds. The van der Waals surface area contributed by atoms with E-state index in [2.05, 4.69) is 22.0 Å². The van der Waals surface area contributed by atoms with Gasteiger partial charge in [-0.25, -0.2) is 0 Å². The first-order valence-electron chi connectivity index (χ1n) is 4.82. The van der Waals surface area contributed by atoms with Crippen molar-refractivity contribution in [2.24, 2.45) is 0 Å². The summed E-state index contributed by atoms with van der Waals surface area (Å²) in [5, 5.41) is 0. The summed E-state index contributed by atoms with van der Waals surface area (Å²) < 4.78 is 37.9. The van der Waals surface area contributed by atoms with E-state index >= 15 is 0 Å². The number of benzene rings is 2. The molecule has 0 aliphatic carbocycles. The van der Waals surface area contributed by atoms with Gasteiger partial charge in [-0.05, 0) is 41.5 Å². The summed E-state index contributed by atoms with van der Waals surface area (Å²) in [6, 6.07) is 13.4. The predicted molar refractivity (Wildman–Crippen MR) is 63.4 cm³/mol. The van der Waals surface area contributed by atoms with E-state index in [1.807, 2.05) is 6.07 Å². The SMILES string of the molecule is FC(F)(F)c1ccc(-c2c[c]c(Br)cc2)cc1. The summed E-state index contributed by atoms with van der Waals surface area (Å²) in [7, 11) is 0. The van der Waals surface area contributed by atoms with Crippen LogP contribution in [0.4, 0.5) is 13.2 Å². The third kappa shape index (κ3) is 2.88. The first kappa shape index (κ1) is 12.2. The largest absolute Gasteiger partial charge is 0.416 e. The van der Waals surface area contributed by atoms with Gasteiger partial charge in [0.25, 0.3) is 0 Å². The molecule has 0 bridgehead atoms. The zero-order chi connectivity index (χ0) is 12.5.